The Labute approximate surface area is 125 Å². The highest BCUT2D eigenvalue weighted by atomic mass is 32.1. The second kappa shape index (κ2) is 6.36. The smallest absolute Gasteiger partial charge is 0.311 e. The molecule has 0 bridgehead atoms. The highest BCUT2D eigenvalue weighted by Crippen LogP contribution is 2.26. The predicted octanol–water partition coefficient (Wildman–Crippen LogP) is 2.90. The molecule has 0 saturated carbocycles. The fraction of sp³-hybridized carbons (Fsp3) is 0.214. The standard InChI is InChI=1S/C14H14N2O4S/c1-9(11-4-5-21-8-11)7-15-14(18)10-2-3-13(17)12(6-10)16(19)20/h2-6,8-9,17H,7H2,1H3,(H,15,18)/t9-/m1/s1. The minimum Gasteiger partial charge on any atom is -0.502 e. The lowest BCUT2D eigenvalue weighted by molar-refractivity contribution is -0.385. The number of carbonyl (C=O) groups is 1. The molecule has 110 valence electrons. The van der Waals surface area contributed by atoms with Gasteiger partial charge in [0.2, 0.25) is 0 Å². The molecule has 2 rings (SSSR count). The molecule has 0 unspecified atom stereocenters. The SMILES string of the molecule is C[C@H](CNC(=O)c1ccc(O)c([N+](=O)[O-])c1)c1ccsc1. The summed E-state index contributed by atoms with van der Waals surface area (Å²) >= 11 is 1.59. The number of nitrogens with one attached hydrogen (secondary N) is 1. The van der Waals surface area contributed by atoms with Crippen LogP contribution in [0, 0.1) is 10.1 Å². The Hall–Kier alpha value is -2.41. The average molecular weight is 306 g/mol. The molecule has 0 aliphatic heterocycles. The van der Waals surface area contributed by atoms with Gasteiger partial charge in [0.05, 0.1) is 4.92 Å². The summed E-state index contributed by atoms with van der Waals surface area (Å²) in [6.07, 6.45) is 0. The maximum absolute atomic E-state index is 12.0. The average Bonchev–Trinajstić information content (AvgIpc) is 2.98. The number of hydrogen-bond acceptors (Lipinski definition) is 5. The molecule has 2 N–H and O–H groups in total. The number of aromatic hydroxyl groups is 1. The third kappa shape index (κ3) is 3.57. The van der Waals surface area contributed by atoms with Crippen LogP contribution in [0.5, 0.6) is 5.75 Å². The predicted molar refractivity (Wildman–Crippen MR) is 79.8 cm³/mol. The van der Waals surface area contributed by atoms with Crippen molar-refractivity contribution in [2.24, 2.45) is 0 Å². The van der Waals surface area contributed by atoms with E-state index >= 15 is 0 Å². The van der Waals surface area contributed by atoms with Crippen LogP contribution in [-0.4, -0.2) is 22.5 Å². The van der Waals surface area contributed by atoms with Crippen LogP contribution in [0.25, 0.3) is 0 Å². The Morgan fingerprint density at radius 3 is 2.86 bits per heavy atom. The van der Waals surface area contributed by atoms with Crippen LogP contribution in [0.2, 0.25) is 0 Å². The molecule has 1 heterocycles. The third-order valence-electron chi connectivity index (χ3n) is 3.12. The minimum absolute atomic E-state index is 0.150. The molecule has 1 atom stereocenters. The lowest BCUT2D eigenvalue weighted by Gasteiger charge is -2.11. The van der Waals surface area contributed by atoms with Gasteiger partial charge >= 0.3 is 5.69 Å². The molecule has 1 aromatic heterocycles. The minimum atomic E-state index is -0.722. The molecule has 0 aliphatic rings. The van der Waals surface area contributed by atoms with Gasteiger partial charge < -0.3 is 10.4 Å². The second-order valence-corrected chi connectivity index (χ2v) is 5.41. The zero-order chi connectivity index (χ0) is 15.4. The summed E-state index contributed by atoms with van der Waals surface area (Å²) < 4.78 is 0. The largest absolute Gasteiger partial charge is 0.502 e. The van der Waals surface area contributed by atoms with Crippen LogP contribution >= 0.6 is 11.3 Å². The van der Waals surface area contributed by atoms with E-state index in [2.05, 4.69) is 5.32 Å². The van der Waals surface area contributed by atoms with Crippen LogP contribution in [0.4, 0.5) is 5.69 Å². The number of nitrogens with zero attached hydrogens (tertiary/aromatic N) is 1. The quantitative estimate of drug-likeness (QED) is 0.656. The number of nitro groups is 1. The summed E-state index contributed by atoms with van der Waals surface area (Å²) in [5.41, 5.74) is 0.808. The Morgan fingerprint density at radius 1 is 1.48 bits per heavy atom. The van der Waals surface area contributed by atoms with Gasteiger partial charge in [-0.3, -0.25) is 14.9 Å². The number of phenols is 1. The molecular weight excluding hydrogens is 292 g/mol. The third-order valence-corrected chi connectivity index (χ3v) is 3.82. The molecule has 0 aliphatic carbocycles. The van der Waals surface area contributed by atoms with Gasteiger partial charge in [-0.2, -0.15) is 11.3 Å². The first kappa shape index (κ1) is 15.0. The summed E-state index contributed by atoms with van der Waals surface area (Å²) in [5.74, 6) is -0.698. The summed E-state index contributed by atoms with van der Waals surface area (Å²) in [7, 11) is 0. The topological polar surface area (TPSA) is 92.5 Å². The van der Waals surface area contributed by atoms with Gasteiger partial charge in [0.15, 0.2) is 5.75 Å². The summed E-state index contributed by atoms with van der Waals surface area (Å²) in [6, 6.07) is 5.56. The van der Waals surface area contributed by atoms with Gasteiger partial charge in [-0.15, -0.1) is 0 Å². The van der Waals surface area contributed by atoms with Crippen molar-refractivity contribution in [3.63, 3.8) is 0 Å². The summed E-state index contributed by atoms with van der Waals surface area (Å²) in [5, 5.41) is 26.8. The van der Waals surface area contributed by atoms with Crippen LogP contribution < -0.4 is 5.32 Å². The monoisotopic (exact) mass is 306 g/mol. The summed E-state index contributed by atoms with van der Waals surface area (Å²) in [6.45, 7) is 2.42. The zero-order valence-electron chi connectivity index (χ0n) is 11.3. The second-order valence-electron chi connectivity index (χ2n) is 4.63. The first-order valence-electron chi connectivity index (χ1n) is 6.26. The Balaban J connectivity index is 2.04. The van der Waals surface area contributed by atoms with Crippen molar-refractivity contribution >= 4 is 22.9 Å². The van der Waals surface area contributed by atoms with E-state index in [1.54, 1.807) is 11.3 Å². The molecule has 21 heavy (non-hydrogen) atoms. The van der Waals surface area contributed by atoms with Crippen molar-refractivity contribution < 1.29 is 14.8 Å². The van der Waals surface area contributed by atoms with E-state index in [9.17, 15) is 20.0 Å². The van der Waals surface area contributed by atoms with Crippen molar-refractivity contribution in [1.82, 2.24) is 5.32 Å². The molecule has 0 spiro atoms. The van der Waals surface area contributed by atoms with Crippen LogP contribution in [0.1, 0.15) is 28.8 Å². The summed E-state index contributed by atoms with van der Waals surface area (Å²) in [4.78, 5) is 22.0. The van der Waals surface area contributed by atoms with E-state index in [-0.39, 0.29) is 11.5 Å². The van der Waals surface area contributed by atoms with Crippen molar-refractivity contribution in [3.05, 3.63) is 56.3 Å². The number of phenolic OH excluding ortho intramolecular Hbond substituents is 1. The van der Waals surface area contributed by atoms with E-state index < -0.39 is 22.3 Å². The number of hydrogen-bond donors (Lipinski definition) is 2. The van der Waals surface area contributed by atoms with E-state index in [4.69, 9.17) is 0 Å². The normalized spacial score (nSPS) is 11.9. The molecule has 1 aromatic carbocycles. The number of amides is 1. The molecule has 0 fully saturated rings. The highest BCUT2D eigenvalue weighted by Gasteiger charge is 2.17. The first-order chi connectivity index (χ1) is 9.99. The van der Waals surface area contributed by atoms with Crippen molar-refractivity contribution in [2.45, 2.75) is 12.8 Å². The van der Waals surface area contributed by atoms with Gasteiger partial charge in [-0.25, -0.2) is 0 Å². The number of nitro benzene ring substituents is 1. The van der Waals surface area contributed by atoms with Crippen LogP contribution in [0.15, 0.2) is 35.0 Å². The Kier molecular flexibility index (Phi) is 4.54. The van der Waals surface area contributed by atoms with E-state index in [1.165, 1.54) is 6.07 Å². The van der Waals surface area contributed by atoms with Crippen LogP contribution in [0.3, 0.4) is 0 Å². The molecule has 7 heteroatoms. The highest BCUT2D eigenvalue weighted by molar-refractivity contribution is 7.07. The number of thiophene rings is 1. The van der Waals surface area contributed by atoms with E-state index in [1.807, 2.05) is 23.8 Å². The fourth-order valence-electron chi connectivity index (χ4n) is 1.83. The molecule has 6 nitrogen and oxygen atoms in total. The van der Waals surface area contributed by atoms with Gasteiger partial charge in [0.25, 0.3) is 5.91 Å². The number of carbonyl (C=O) groups excluding carboxylic acids is 1. The van der Waals surface area contributed by atoms with Crippen molar-refractivity contribution in [3.8, 4) is 5.75 Å². The maximum atomic E-state index is 12.0. The van der Waals surface area contributed by atoms with Gasteiger partial charge in [0, 0.05) is 18.2 Å². The van der Waals surface area contributed by atoms with E-state index in [0.29, 0.717) is 6.54 Å². The maximum Gasteiger partial charge on any atom is 0.311 e. The molecule has 2 aromatic rings. The van der Waals surface area contributed by atoms with Gasteiger partial charge in [-0.05, 0) is 40.4 Å². The molecular formula is C14H14N2O4S. The lowest BCUT2D eigenvalue weighted by atomic mass is 10.1. The Bertz CT molecular complexity index is 655. The first-order valence-corrected chi connectivity index (χ1v) is 7.21. The Morgan fingerprint density at radius 2 is 2.24 bits per heavy atom. The van der Waals surface area contributed by atoms with Crippen molar-refractivity contribution in [1.29, 1.82) is 0 Å². The van der Waals surface area contributed by atoms with E-state index in [0.717, 1.165) is 17.7 Å². The molecule has 0 radical (unpaired) electrons. The number of benzene rings is 1. The fourth-order valence-corrected chi connectivity index (χ4v) is 2.61. The van der Waals surface area contributed by atoms with Crippen molar-refractivity contribution in [2.75, 3.05) is 6.54 Å². The van der Waals surface area contributed by atoms with Gasteiger partial charge in [0.1, 0.15) is 0 Å². The van der Waals surface area contributed by atoms with Crippen LogP contribution in [-0.2, 0) is 0 Å². The lowest BCUT2D eigenvalue weighted by Crippen LogP contribution is -2.27. The zero-order valence-corrected chi connectivity index (χ0v) is 12.1. The molecule has 1 amide bonds. The number of rotatable bonds is 5. The van der Waals surface area contributed by atoms with Gasteiger partial charge in [-0.1, -0.05) is 6.92 Å². The molecule has 0 saturated heterocycles.